The Balaban J connectivity index is 1.73. The summed E-state index contributed by atoms with van der Waals surface area (Å²) in [7, 11) is 0. The van der Waals surface area contributed by atoms with Gasteiger partial charge in [0.15, 0.2) is 6.10 Å². The highest BCUT2D eigenvalue weighted by Gasteiger charge is 2.24. The van der Waals surface area contributed by atoms with Crippen LogP contribution in [0.2, 0.25) is 0 Å². The fourth-order valence-electron chi connectivity index (χ4n) is 2.69. The van der Waals surface area contributed by atoms with Crippen LogP contribution < -0.4 is 4.74 Å². The average Bonchev–Trinajstić information content (AvgIpc) is 3.00. The predicted molar refractivity (Wildman–Crippen MR) is 79.9 cm³/mol. The summed E-state index contributed by atoms with van der Waals surface area (Å²) in [5.41, 5.74) is 0. The molecule has 1 aliphatic heterocycles. The molecule has 3 nitrogen and oxygen atoms in total. The SMILES string of the molecule is CC(Oc1ccc2ccccc2c1)C(=O)N1CCCC1. The third kappa shape index (κ3) is 2.62. The van der Waals surface area contributed by atoms with Gasteiger partial charge in [-0.15, -0.1) is 0 Å². The van der Waals surface area contributed by atoms with Crippen molar-refractivity contribution in [3.63, 3.8) is 0 Å². The smallest absolute Gasteiger partial charge is 0.263 e. The first kappa shape index (κ1) is 13.0. The number of amides is 1. The van der Waals surface area contributed by atoms with Crippen LogP contribution in [0.3, 0.4) is 0 Å². The first-order valence-electron chi connectivity index (χ1n) is 7.18. The molecule has 1 saturated heterocycles. The Morgan fingerprint density at radius 3 is 2.55 bits per heavy atom. The van der Waals surface area contributed by atoms with Gasteiger partial charge in [-0.05, 0) is 42.7 Å². The monoisotopic (exact) mass is 269 g/mol. The van der Waals surface area contributed by atoms with Crippen LogP contribution in [0.5, 0.6) is 5.75 Å². The Bertz CT molecular complexity index is 617. The summed E-state index contributed by atoms with van der Waals surface area (Å²) in [6.07, 6.45) is 1.79. The van der Waals surface area contributed by atoms with Gasteiger partial charge in [0.2, 0.25) is 0 Å². The summed E-state index contributed by atoms with van der Waals surface area (Å²) in [5.74, 6) is 0.847. The minimum Gasteiger partial charge on any atom is -0.481 e. The number of benzene rings is 2. The average molecular weight is 269 g/mol. The van der Waals surface area contributed by atoms with Crippen LogP contribution in [0.1, 0.15) is 19.8 Å². The zero-order valence-corrected chi connectivity index (χ0v) is 11.7. The van der Waals surface area contributed by atoms with E-state index in [1.54, 1.807) is 0 Å². The third-order valence-corrected chi connectivity index (χ3v) is 3.80. The zero-order valence-electron chi connectivity index (χ0n) is 11.7. The zero-order chi connectivity index (χ0) is 13.9. The fraction of sp³-hybridized carbons (Fsp3) is 0.353. The summed E-state index contributed by atoms with van der Waals surface area (Å²) >= 11 is 0. The van der Waals surface area contributed by atoms with Gasteiger partial charge in [0.05, 0.1) is 0 Å². The number of hydrogen-bond donors (Lipinski definition) is 0. The van der Waals surface area contributed by atoms with Gasteiger partial charge in [0, 0.05) is 13.1 Å². The van der Waals surface area contributed by atoms with Crippen molar-refractivity contribution in [1.82, 2.24) is 4.90 Å². The summed E-state index contributed by atoms with van der Waals surface area (Å²) in [6.45, 7) is 3.56. The van der Waals surface area contributed by atoms with Crippen molar-refractivity contribution in [2.45, 2.75) is 25.9 Å². The Morgan fingerprint density at radius 1 is 1.10 bits per heavy atom. The molecular weight excluding hydrogens is 250 g/mol. The molecule has 1 amide bonds. The van der Waals surface area contributed by atoms with E-state index >= 15 is 0 Å². The molecule has 0 bridgehead atoms. The molecule has 0 N–H and O–H groups in total. The molecule has 3 rings (SSSR count). The molecule has 0 radical (unpaired) electrons. The molecule has 1 fully saturated rings. The maximum atomic E-state index is 12.2. The van der Waals surface area contributed by atoms with Gasteiger partial charge in [-0.3, -0.25) is 4.79 Å². The van der Waals surface area contributed by atoms with Crippen LogP contribution in [0.15, 0.2) is 42.5 Å². The van der Waals surface area contributed by atoms with Crippen molar-refractivity contribution in [3.8, 4) is 5.75 Å². The highest BCUT2D eigenvalue weighted by molar-refractivity contribution is 5.84. The molecule has 20 heavy (non-hydrogen) atoms. The molecule has 1 unspecified atom stereocenters. The fourth-order valence-corrected chi connectivity index (χ4v) is 2.69. The number of likely N-dealkylation sites (tertiary alicyclic amines) is 1. The summed E-state index contributed by atoms with van der Waals surface area (Å²) < 4.78 is 5.81. The molecule has 2 aromatic carbocycles. The lowest BCUT2D eigenvalue weighted by atomic mass is 10.1. The highest BCUT2D eigenvalue weighted by Crippen LogP contribution is 2.22. The second kappa shape index (κ2) is 5.53. The second-order valence-corrected chi connectivity index (χ2v) is 5.30. The Kier molecular flexibility index (Phi) is 3.59. The highest BCUT2D eigenvalue weighted by atomic mass is 16.5. The minimum atomic E-state index is -0.422. The van der Waals surface area contributed by atoms with E-state index in [9.17, 15) is 4.79 Å². The standard InChI is InChI=1S/C17H19NO2/c1-13(17(19)18-10-4-5-11-18)20-16-9-8-14-6-2-3-7-15(14)12-16/h2-3,6-9,12-13H,4-5,10-11H2,1H3. The largest absolute Gasteiger partial charge is 0.481 e. The van der Waals surface area contributed by atoms with Crippen molar-refractivity contribution in [2.24, 2.45) is 0 Å². The molecule has 2 aromatic rings. The van der Waals surface area contributed by atoms with Gasteiger partial charge in [-0.2, -0.15) is 0 Å². The Labute approximate surface area is 119 Å². The van der Waals surface area contributed by atoms with E-state index in [-0.39, 0.29) is 5.91 Å². The topological polar surface area (TPSA) is 29.5 Å². The maximum Gasteiger partial charge on any atom is 0.263 e. The normalized spacial score (nSPS) is 16.4. The van der Waals surface area contributed by atoms with Gasteiger partial charge in [0.25, 0.3) is 5.91 Å². The third-order valence-electron chi connectivity index (χ3n) is 3.80. The molecule has 0 spiro atoms. The van der Waals surface area contributed by atoms with Crippen LogP contribution in [0, 0.1) is 0 Å². The van der Waals surface area contributed by atoms with Gasteiger partial charge >= 0.3 is 0 Å². The summed E-state index contributed by atoms with van der Waals surface area (Å²) in [5, 5.41) is 2.31. The number of hydrogen-bond acceptors (Lipinski definition) is 2. The minimum absolute atomic E-state index is 0.0932. The van der Waals surface area contributed by atoms with Gasteiger partial charge < -0.3 is 9.64 Å². The second-order valence-electron chi connectivity index (χ2n) is 5.30. The van der Waals surface area contributed by atoms with E-state index in [1.807, 2.05) is 42.2 Å². The number of fused-ring (bicyclic) bond motifs is 1. The van der Waals surface area contributed by atoms with E-state index < -0.39 is 6.10 Å². The van der Waals surface area contributed by atoms with Crippen molar-refractivity contribution in [3.05, 3.63) is 42.5 Å². The lowest BCUT2D eigenvalue weighted by molar-refractivity contribution is -0.136. The van der Waals surface area contributed by atoms with Gasteiger partial charge in [-0.1, -0.05) is 30.3 Å². The van der Waals surface area contributed by atoms with Crippen LogP contribution in [0.25, 0.3) is 10.8 Å². The molecule has 0 aliphatic carbocycles. The van der Waals surface area contributed by atoms with Crippen LogP contribution in [-0.2, 0) is 4.79 Å². The van der Waals surface area contributed by atoms with E-state index in [0.717, 1.165) is 37.1 Å². The number of ether oxygens (including phenoxy) is 1. The molecule has 1 aliphatic rings. The van der Waals surface area contributed by atoms with E-state index in [1.165, 1.54) is 5.39 Å². The molecule has 3 heteroatoms. The van der Waals surface area contributed by atoms with Gasteiger partial charge in [-0.25, -0.2) is 0 Å². The van der Waals surface area contributed by atoms with E-state index in [4.69, 9.17) is 4.74 Å². The lowest BCUT2D eigenvalue weighted by Gasteiger charge is -2.21. The van der Waals surface area contributed by atoms with Crippen LogP contribution >= 0.6 is 0 Å². The Morgan fingerprint density at radius 2 is 1.80 bits per heavy atom. The van der Waals surface area contributed by atoms with E-state index in [2.05, 4.69) is 12.1 Å². The number of carbonyl (C=O) groups is 1. The van der Waals surface area contributed by atoms with E-state index in [0.29, 0.717) is 0 Å². The van der Waals surface area contributed by atoms with Crippen molar-refractivity contribution in [1.29, 1.82) is 0 Å². The van der Waals surface area contributed by atoms with Crippen molar-refractivity contribution in [2.75, 3.05) is 13.1 Å². The molecule has 0 aromatic heterocycles. The van der Waals surface area contributed by atoms with Crippen LogP contribution in [0.4, 0.5) is 0 Å². The maximum absolute atomic E-state index is 12.2. The quantitative estimate of drug-likeness (QED) is 0.856. The Hall–Kier alpha value is -2.03. The molecule has 1 atom stereocenters. The summed E-state index contributed by atoms with van der Waals surface area (Å²) in [4.78, 5) is 14.1. The lowest BCUT2D eigenvalue weighted by Crippen LogP contribution is -2.38. The van der Waals surface area contributed by atoms with Crippen molar-refractivity contribution < 1.29 is 9.53 Å². The van der Waals surface area contributed by atoms with Crippen LogP contribution in [-0.4, -0.2) is 30.0 Å². The first-order chi connectivity index (χ1) is 9.74. The number of carbonyl (C=O) groups excluding carboxylic acids is 1. The predicted octanol–water partition coefficient (Wildman–Crippen LogP) is 3.23. The first-order valence-corrected chi connectivity index (χ1v) is 7.18. The number of rotatable bonds is 3. The molecular formula is C17H19NO2. The molecule has 104 valence electrons. The summed E-state index contributed by atoms with van der Waals surface area (Å²) in [6, 6.07) is 14.1. The van der Waals surface area contributed by atoms with Crippen molar-refractivity contribution >= 4 is 16.7 Å². The molecule has 0 saturated carbocycles. The van der Waals surface area contributed by atoms with Gasteiger partial charge in [0.1, 0.15) is 5.75 Å². The number of nitrogens with zero attached hydrogens (tertiary/aromatic N) is 1. The molecule has 1 heterocycles.